The molecule has 2 aromatic rings. The number of nitrogens with zero attached hydrogens (tertiary/aromatic N) is 2. The topological polar surface area (TPSA) is 66.5 Å². The van der Waals surface area contributed by atoms with Gasteiger partial charge in [0.15, 0.2) is 6.61 Å². The molecule has 9 heteroatoms. The van der Waals surface area contributed by atoms with Crippen molar-refractivity contribution in [3.8, 4) is 5.88 Å². The van der Waals surface area contributed by atoms with Crippen LogP contribution in [0.5, 0.6) is 5.88 Å². The Kier molecular flexibility index (Phi) is 7.37. The Morgan fingerprint density at radius 1 is 1.07 bits per heavy atom. The maximum atomic E-state index is 12.4. The standard InChI is InChI=1S/C21H25F3N4O2/c22-21(23,24)15-30-19-16(8-7-11-25-19)14-26-20(29)27-17-9-3-4-10-18(17)28-12-5-1-2-6-13-28/h3-4,7-11H,1-2,5-6,12-15H2,(H2,26,27,29). The van der Waals surface area contributed by atoms with Crippen LogP contribution in [0.2, 0.25) is 0 Å². The van der Waals surface area contributed by atoms with Crippen LogP contribution in [0.25, 0.3) is 0 Å². The number of carbonyl (C=O) groups is 1. The van der Waals surface area contributed by atoms with Crippen LogP contribution in [0.3, 0.4) is 0 Å². The van der Waals surface area contributed by atoms with E-state index in [-0.39, 0.29) is 12.4 Å². The van der Waals surface area contributed by atoms with Crippen molar-refractivity contribution in [3.05, 3.63) is 48.2 Å². The number of urea groups is 1. The summed E-state index contributed by atoms with van der Waals surface area (Å²) in [6, 6.07) is 10.3. The number of carbonyl (C=O) groups excluding carboxylic acids is 1. The third kappa shape index (κ3) is 6.53. The molecule has 1 fully saturated rings. The normalized spacial score (nSPS) is 14.7. The second kappa shape index (κ2) is 10.2. The summed E-state index contributed by atoms with van der Waals surface area (Å²) in [6.45, 7) is 0.428. The van der Waals surface area contributed by atoms with Crippen molar-refractivity contribution in [2.24, 2.45) is 0 Å². The minimum Gasteiger partial charge on any atom is -0.468 e. The number of halogens is 3. The SMILES string of the molecule is O=C(NCc1cccnc1OCC(F)(F)F)Nc1ccccc1N1CCCCCC1. The van der Waals surface area contributed by atoms with Gasteiger partial charge in [0.2, 0.25) is 5.88 Å². The summed E-state index contributed by atoms with van der Waals surface area (Å²) < 4.78 is 42.0. The fourth-order valence-electron chi connectivity index (χ4n) is 3.35. The van der Waals surface area contributed by atoms with E-state index in [1.165, 1.54) is 19.0 Å². The van der Waals surface area contributed by atoms with E-state index in [9.17, 15) is 18.0 Å². The van der Waals surface area contributed by atoms with Crippen LogP contribution in [0, 0.1) is 0 Å². The van der Waals surface area contributed by atoms with Crippen molar-refractivity contribution in [1.82, 2.24) is 10.3 Å². The molecule has 2 heterocycles. The summed E-state index contributed by atoms with van der Waals surface area (Å²) in [5, 5.41) is 5.50. The highest BCUT2D eigenvalue weighted by molar-refractivity contribution is 5.93. The predicted octanol–water partition coefficient (Wildman–Crippen LogP) is 4.72. The highest BCUT2D eigenvalue weighted by Crippen LogP contribution is 2.28. The Hall–Kier alpha value is -2.97. The number of benzene rings is 1. The van der Waals surface area contributed by atoms with Gasteiger partial charge in [0.25, 0.3) is 0 Å². The number of hydrogen-bond donors (Lipinski definition) is 2. The van der Waals surface area contributed by atoms with E-state index in [2.05, 4.69) is 20.5 Å². The molecule has 1 aliphatic rings. The number of alkyl halides is 3. The second-order valence-corrected chi connectivity index (χ2v) is 7.10. The Labute approximate surface area is 173 Å². The average molecular weight is 422 g/mol. The molecule has 6 nitrogen and oxygen atoms in total. The molecule has 0 unspecified atom stereocenters. The molecule has 1 saturated heterocycles. The van der Waals surface area contributed by atoms with E-state index in [0.717, 1.165) is 31.6 Å². The summed E-state index contributed by atoms with van der Waals surface area (Å²) in [5.74, 6) is -0.153. The van der Waals surface area contributed by atoms with Crippen molar-refractivity contribution in [2.45, 2.75) is 38.4 Å². The zero-order valence-electron chi connectivity index (χ0n) is 16.5. The predicted molar refractivity (Wildman–Crippen MR) is 109 cm³/mol. The molecule has 1 aliphatic heterocycles. The number of hydrogen-bond acceptors (Lipinski definition) is 4. The number of aromatic nitrogens is 1. The molecule has 162 valence electrons. The summed E-state index contributed by atoms with van der Waals surface area (Å²) >= 11 is 0. The van der Waals surface area contributed by atoms with E-state index >= 15 is 0 Å². The number of rotatable bonds is 6. The van der Waals surface area contributed by atoms with Gasteiger partial charge in [-0.25, -0.2) is 9.78 Å². The first-order chi connectivity index (χ1) is 14.4. The molecular weight excluding hydrogens is 397 g/mol. The second-order valence-electron chi connectivity index (χ2n) is 7.10. The van der Waals surface area contributed by atoms with Gasteiger partial charge in [-0.05, 0) is 31.0 Å². The molecule has 1 aromatic carbocycles. The lowest BCUT2D eigenvalue weighted by Gasteiger charge is -2.25. The third-order valence-electron chi connectivity index (χ3n) is 4.76. The van der Waals surface area contributed by atoms with E-state index in [4.69, 9.17) is 4.74 Å². The first kappa shape index (κ1) is 21.7. The summed E-state index contributed by atoms with van der Waals surface area (Å²) in [6.07, 6.45) is 1.51. The van der Waals surface area contributed by atoms with Crippen LogP contribution in [0.1, 0.15) is 31.2 Å². The van der Waals surface area contributed by atoms with Gasteiger partial charge in [-0.3, -0.25) is 0 Å². The lowest BCUT2D eigenvalue weighted by Crippen LogP contribution is -2.30. The molecule has 3 rings (SSSR count). The highest BCUT2D eigenvalue weighted by atomic mass is 19.4. The Bertz CT molecular complexity index is 837. The molecule has 0 radical (unpaired) electrons. The molecule has 0 atom stereocenters. The van der Waals surface area contributed by atoms with Crippen LogP contribution in [-0.4, -0.2) is 36.9 Å². The lowest BCUT2D eigenvalue weighted by molar-refractivity contribution is -0.154. The van der Waals surface area contributed by atoms with Crippen molar-refractivity contribution < 1.29 is 22.7 Å². The quantitative estimate of drug-likeness (QED) is 0.707. The first-order valence-corrected chi connectivity index (χ1v) is 9.95. The molecule has 0 saturated carbocycles. The molecule has 2 N–H and O–H groups in total. The van der Waals surface area contributed by atoms with Crippen LogP contribution < -0.4 is 20.3 Å². The molecule has 2 amide bonds. The van der Waals surface area contributed by atoms with Crippen LogP contribution in [0.15, 0.2) is 42.6 Å². The van der Waals surface area contributed by atoms with Gasteiger partial charge in [-0.1, -0.05) is 31.0 Å². The Balaban J connectivity index is 1.61. The van der Waals surface area contributed by atoms with Gasteiger partial charge in [0.1, 0.15) is 0 Å². The largest absolute Gasteiger partial charge is 0.468 e. The number of ether oxygens (including phenoxy) is 1. The summed E-state index contributed by atoms with van der Waals surface area (Å²) in [4.78, 5) is 18.5. The maximum Gasteiger partial charge on any atom is 0.422 e. The molecule has 1 aromatic heterocycles. The van der Waals surface area contributed by atoms with Gasteiger partial charge >= 0.3 is 12.2 Å². The van der Waals surface area contributed by atoms with Crippen molar-refractivity contribution in [1.29, 1.82) is 0 Å². The van der Waals surface area contributed by atoms with E-state index < -0.39 is 18.8 Å². The van der Waals surface area contributed by atoms with E-state index in [0.29, 0.717) is 11.3 Å². The van der Waals surface area contributed by atoms with Crippen LogP contribution in [0.4, 0.5) is 29.3 Å². The Morgan fingerprint density at radius 2 is 1.80 bits per heavy atom. The van der Waals surface area contributed by atoms with Gasteiger partial charge in [-0.2, -0.15) is 13.2 Å². The monoisotopic (exact) mass is 422 g/mol. The molecule has 30 heavy (non-hydrogen) atoms. The van der Waals surface area contributed by atoms with E-state index in [1.54, 1.807) is 12.1 Å². The number of nitrogens with one attached hydrogen (secondary N) is 2. The fraction of sp³-hybridized carbons (Fsp3) is 0.429. The molecule has 0 spiro atoms. The summed E-state index contributed by atoms with van der Waals surface area (Å²) in [7, 11) is 0. The van der Waals surface area contributed by atoms with Crippen molar-refractivity contribution in [3.63, 3.8) is 0 Å². The van der Waals surface area contributed by atoms with Crippen LogP contribution in [-0.2, 0) is 6.54 Å². The molecule has 0 aliphatic carbocycles. The number of para-hydroxylation sites is 2. The summed E-state index contributed by atoms with van der Waals surface area (Å²) in [5.41, 5.74) is 2.01. The fourth-order valence-corrected chi connectivity index (χ4v) is 3.35. The number of pyridine rings is 1. The minimum atomic E-state index is -4.46. The van der Waals surface area contributed by atoms with E-state index in [1.807, 2.05) is 24.3 Å². The molecule has 0 bridgehead atoms. The number of amides is 2. The number of anilines is 2. The van der Waals surface area contributed by atoms with Crippen LogP contribution >= 0.6 is 0 Å². The first-order valence-electron chi connectivity index (χ1n) is 9.95. The lowest BCUT2D eigenvalue weighted by atomic mass is 10.2. The highest BCUT2D eigenvalue weighted by Gasteiger charge is 2.29. The smallest absolute Gasteiger partial charge is 0.422 e. The minimum absolute atomic E-state index is 0.0151. The average Bonchev–Trinajstić information content (AvgIpc) is 3.00. The maximum absolute atomic E-state index is 12.4. The van der Waals surface area contributed by atoms with Crippen molar-refractivity contribution in [2.75, 3.05) is 29.9 Å². The Morgan fingerprint density at radius 3 is 2.53 bits per heavy atom. The molecular formula is C21H25F3N4O2. The van der Waals surface area contributed by atoms with Gasteiger partial charge in [0, 0.05) is 31.4 Å². The zero-order chi connectivity index (χ0) is 21.4. The van der Waals surface area contributed by atoms with Gasteiger partial charge in [0.05, 0.1) is 11.4 Å². The third-order valence-corrected chi connectivity index (χ3v) is 4.76. The van der Waals surface area contributed by atoms with Gasteiger partial charge in [-0.15, -0.1) is 0 Å². The zero-order valence-corrected chi connectivity index (χ0v) is 16.5. The van der Waals surface area contributed by atoms with Gasteiger partial charge < -0.3 is 20.3 Å². The van der Waals surface area contributed by atoms with Crippen molar-refractivity contribution >= 4 is 17.4 Å².